The van der Waals surface area contributed by atoms with Crippen LogP contribution in [0.25, 0.3) is 11.0 Å². The number of pyridine rings is 2. The van der Waals surface area contributed by atoms with Gasteiger partial charge in [-0.2, -0.15) is 0 Å². The summed E-state index contributed by atoms with van der Waals surface area (Å²) in [6, 6.07) is 3.85. The van der Waals surface area contributed by atoms with Crippen LogP contribution in [-0.2, 0) is 17.8 Å². The molecule has 2 aromatic rings. The van der Waals surface area contributed by atoms with Crippen molar-refractivity contribution < 1.29 is 4.79 Å². The second-order valence-electron chi connectivity index (χ2n) is 7.31. The number of nitrogens with one attached hydrogen (secondary N) is 2. The lowest BCUT2D eigenvalue weighted by atomic mass is 10.1. The Morgan fingerprint density at radius 1 is 1.23 bits per heavy atom. The van der Waals surface area contributed by atoms with Crippen molar-refractivity contribution in [3.8, 4) is 0 Å². The van der Waals surface area contributed by atoms with Crippen LogP contribution in [0.4, 0.5) is 0 Å². The lowest BCUT2D eigenvalue weighted by Gasteiger charge is -2.36. The number of likely N-dealkylation sites (N-methyl/N-ethyl adjacent to an activating group) is 1. The predicted octanol–water partition coefficient (Wildman–Crippen LogP) is -0.00820. The van der Waals surface area contributed by atoms with E-state index >= 15 is 0 Å². The summed E-state index contributed by atoms with van der Waals surface area (Å²) < 4.78 is 0. The van der Waals surface area contributed by atoms with E-state index in [0.29, 0.717) is 12.2 Å². The van der Waals surface area contributed by atoms with Crippen LogP contribution in [0.15, 0.2) is 46.8 Å². The van der Waals surface area contributed by atoms with Gasteiger partial charge in [0.15, 0.2) is 0 Å². The number of fused-ring (bicyclic) bond motifs is 1. The van der Waals surface area contributed by atoms with Crippen LogP contribution in [0.5, 0.6) is 0 Å². The molecule has 0 saturated carbocycles. The first kappa shape index (κ1) is 21.4. The minimum atomic E-state index is -0.333. The van der Waals surface area contributed by atoms with Crippen molar-refractivity contribution in [1.29, 1.82) is 0 Å². The number of nitrogens with zero attached hydrogens (tertiary/aromatic N) is 3. The molecule has 0 atom stereocenters. The Balaban J connectivity index is 1.60. The van der Waals surface area contributed by atoms with Crippen molar-refractivity contribution in [2.45, 2.75) is 19.9 Å². The van der Waals surface area contributed by atoms with E-state index in [-0.39, 0.29) is 17.2 Å². The van der Waals surface area contributed by atoms with Crippen LogP contribution in [0.1, 0.15) is 18.1 Å². The van der Waals surface area contributed by atoms with Gasteiger partial charge in [-0.1, -0.05) is 6.92 Å². The third-order valence-corrected chi connectivity index (χ3v) is 5.27. The summed E-state index contributed by atoms with van der Waals surface area (Å²) in [4.78, 5) is 35.3. The molecule has 30 heavy (non-hydrogen) atoms. The highest BCUT2D eigenvalue weighted by Gasteiger charge is 2.18. The Bertz CT molecular complexity index is 1030. The summed E-state index contributed by atoms with van der Waals surface area (Å²) >= 11 is 0. The van der Waals surface area contributed by atoms with Gasteiger partial charge in [0, 0.05) is 51.5 Å². The van der Waals surface area contributed by atoms with Gasteiger partial charge in [0.2, 0.25) is 0 Å². The van der Waals surface area contributed by atoms with Crippen LogP contribution in [0.3, 0.4) is 0 Å². The van der Waals surface area contributed by atoms with E-state index < -0.39 is 0 Å². The van der Waals surface area contributed by atoms with Gasteiger partial charge >= 0.3 is 0 Å². The number of aryl methyl sites for hydroxylation is 1. The zero-order valence-electron chi connectivity index (χ0n) is 17.4. The SMILES string of the molecule is CCc1cc2ncc(CN3CCN(/C(N)=C/C=C(\N)C(=O)NC)CC3)cc2[nH]c1=O. The molecule has 0 bridgehead atoms. The Morgan fingerprint density at radius 2 is 1.97 bits per heavy atom. The van der Waals surface area contributed by atoms with Gasteiger partial charge in [-0.15, -0.1) is 0 Å². The fraction of sp³-hybridized carbons (Fsp3) is 0.381. The Labute approximate surface area is 175 Å². The minimum absolute atomic E-state index is 0.0501. The Hall–Kier alpha value is -3.33. The van der Waals surface area contributed by atoms with Gasteiger partial charge in [-0.25, -0.2) is 0 Å². The molecular weight excluding hydrogens is 382 g/mol. The molecule has 0 aromatic carbocycles. The van der Waals surface area contributed by atoms with Gasteiger partial charge in [0.1, 0.15) is 0 Å². The third-order valence-electron chi connectivity index (χ3n) is 5.27. The number of H-pyrrole nitrogens is 1. The number of carbonyl (C=O) groups is 1. The molecule has 0 unspecified atom stereocenters. The summed E-state index contributed by atoms with van der Waals surface area (Å²) in [5, 5.41) is 2.47. The Morgan fingerprint density at radius 3 is 2.63 bits per heavy atom. The van der Waals surface area contributed by atoms with Gasteiger partial charge in [0.25, 0.3) is 11.5 Å². The maximum Gasteiger partial charge on any atom is 0.266 e. The molecule has 1 aliphatic heterocycles. The smallest absolute Gasteiger partial charge is 0.266 e. The first-order valence-corrected chi connectivity index (χ1v) is 10.0. The first-order valence-electron chi connectivity index (χ1n) is 10.0. The highest BCUT2D eigenvalue weighted by Crippen LogP contribution is 2.14. The monoisotopic (exact) mass is 411 g/mol. The third kappa shape index (κ3) is 4.98. The minimum Gasteiger partial charge on any atom is -0.394 e. The molecule has 6 N–H and O–H groups in total. The normalized spacial score (nSPS) is 16.1. The summed E-state index contributed by atoms with van der Waals surface area (Å²) in [5.74, 6) is 0.248. The summed E-state index contributed by atoms with van der Waals surface area (Å²) in [6.45, 7) is 5.93. The quantitative estimate of drug-likeness (QED) is 0.388. The number of aromatic amines is 1. The fourth-order valence-corrected chi connectivity index (χ4v) is 3.44. The van der Waals surface area contributed by atoms with Crippen molar-refractivity contribution in [2.75, 3.05) is 33.2 Å². The largest absolute Gasteiger partial charge is 0.394 e. The van der Waals surface area contributed by atoms with Gasteiger partial charge in [-0.05, 0) is 36.3 Å². The number of hydrogen-bond donors (Lipinski definition) is 4. The van der Waals surface area contributed by atoms with E-state index in [4.69, 9.17) is 11.5 Å². The predicted molar refractivity (Wildman–Crippen MR) is 117 cm³/mol. The van der Waals surface area contributed by atoms with Crippen molar-refractivity contribution in [2.24, 2.45) is 11.5 Å². The second kappa shape index (κ2) is 9.45. The molecule has 9 nitrogen and oxygen atoms in total. The maximum absolute atomic E-state index is 12.1. The number of nitrogens with two attached hydrogens (primary N) is 2. The number of hydrogen-bond acceptors (Lipinski definition) is 7. The van der Waals surface area contributed by atoms with E-state index in [9.17, 15) is 9.59 Å². The molecule has 2 aromatic heterocycles. The van der Waals surface area contributed by atoms with Crippen molar-refractivity contribution in [3.05, 3.63) is 63.5 Å². The zero-order chi connectivity index (χ0) is 21.7. The number of rotatable bonds is 6. The summed E-state index contributed by atoms with van der Waals surface area (Å²) in [7, 11) is 1.53. The molecule has 1 aliphatic rings. The molecule has 0 aliphatic carbocycles. The van der Waals surface area contributed by atoms with E-state index in [2.05, 4.69) is 25.1 Å². The molecule has 0 spiro atoms. The molecule has 0 radical (unpaired) electrons. The number of carbonyl (C=O) groups excluding carboxylic acids is 1. The van der Waals surface area contributed by atoms with Crippen LogP contribution in [-0.4, -0.2) is 58.9 Å². The van der Waals surface area contributed by atoms with Gasteiger partial charge < -0.3 is 26.7 Å². The lowest BCUT2D eigenvalue weighted by molar-refractivity contribution is -0.117. The zero-order valence-corrected chi connectivity index (χ0v) is 17.4. The van der Waals surface area contributed by atoms with Gasteiger partial charge in [-0.3, -0.25) is 19.5 Å². The van der Waals surface area contributed by atoms with Crippen molar-refractivity contribution in [1.82, 2.24) is 25.1 Å². The summed E-state index contributed by atoms with van der Waals surface area (Å²) in [5.41, 5.74) is 15.2. The Kier molecular flexibility index (Phi) is 6.73. The molecule has 1 fully saturated rings. The highest BCUT2D eigenvalue weighted by molar-refractivity contribution is 5.92. The van der Waals surface area contributed by atoms with Crippen LogP contribution >= 0.6 is 0 Å². The van der Waals surface area contributed by atoms with E-state index in [0.717, 1.165) is 54.9 Å². The molecule has 9 heteroatoms. The second-order valence-corrected chi connectivity index (χ2v) is 7.31. The van der Waals surface area contributed by atoms with Crippen LogP contribution in [0, 0.1) is 0 Å². The molecular formula is C21H29N7O2. The highest BCUT2D eigenvalue weighted by atomic mass is 16.2. The van der Waals surface area contributed by atoms with Crippen LogP contribution in [0.2, 0.25) is 0 Å². The average molecular weight is 412 g/mol. The first-order chi connectivity index (χ1) is 14.4. The number of piperazine rings is 1. The fourth-order valence-electron chi connectivity index (χ4n) is 3.44. The molecule has 3 rings (SSSR count). The maximum atomic E-state index is 12.1. The molecule has 1 saturated heterocycles. The summed E-state index contributed by atoms with van der Waals surface area (Å²) in [6.07, 6.45) is 5.73. The standard InChI is InChI=1S/C21H29N7O2/c1-3-15-11-17-18(26-20(15)29)10-14(12-25-17)13-27-6-8-28(9-7-27)19(23)5-4-16(22)21(30)24-2/h4-5,10-12H,3,6-9,13,22-23H2,1-2H3,(H,24,30)(H,26,29)/b16-4-,19-5+. The number of allylic oxidation sites excluding steroid dienone is 2. The average Bonchev–Trinajstić information content (AvgIpc) is 2.76. The number of aromatic nitrogens is 2. The number of amides is 1. The van der Waals surface area contributed by atoms with Crippen molar-refractivity contribution >= 4 is 16.9 Å². The van der Waals surface area contributed by atoms with Crippen molar-refractivity contribution in [3.63, 3.8) is 0 Å². The lowest BCUT2D eigenvalue weighted by Crippen LogP contribution is -2.46. The molecule has 160 valence electrons. The van der Waals surface area contributed by atoms with Gasteiger partial charge in [0.05, 0.1) is 22.6 Å². The molecule has 3 heterocycles. The van der Waals surface area contributed by atoms with E-state index in [1.54, 1.807) is 6.08 Å². The van der Waals surface area contributed by atoms with E-state index in [1.807, 2.05) is 25.3 Å². The topological polar surface area (TPSA) is 133 Å². The van der Waals surface area contributed by atoms with E-state index in [1.165, 1.54) is 13.1 Å². The van der Waals surface area contributed by atoms with Crippen LogP contribution < -0.4 is 22.3 Å². The molecule has 1 amide bonds.